The predicted octanol–water partition coefficient (Wildman–Crippen LogP) is 28.7. The Bertz CT molecular complexity index is 6800. The van der Waals surface area contributed by atoms with Crippen molar-refractivity contribution in [3.63, 3.8) is 0 Å². The van der Waals surface area contributed by atoms with Crippen molar-refractivity contribution in [2.24, 2.45) is 0 Å². The zero-order valence-electron chi connectivity index (χ0n) is 76.9. The Morgan fingerprint density at radius 3 is 0.808 bits per heavy atom. The van der Waals surface area contributed by atoms with Gasteiger partial charge in [-0.05, 0) is 223 Å². The molecule has 0 saturated heterocycles. The van der Waals surface area contributed by atoms with E-state index < -0.39 is 0 Å². The zero-order valence-corrected chi connectivity index (χ0v) is 76.9. The van der Waals surface area contributed by atoms with Gasteiger partial charge in [-0.25, -0.2) is 0 Å². The van der Waals surface area contributed by atoms with Crippen LogP contribution >= 0.6 is 0 Å². The molecule has 0 aliphatic carbocycles. The van der Waals surface area contributed by atoms with E-state index in [-0.39, 0.29) is 51.3 Å². The standard InChI is InChI=1S/C118H115B2N5/c1-112(2,3)78-48-56-85(57-49-78)121-100-66-82(116(13,14)15)52-60-94(100)119-97-72-96-102(73-103(97)125(105-69-84(118(19,20)21)68-104(121)108(105)119)111-90(76-40-30-24-31-41-76)46-35-47-91(111)77-42-32-25-33-43-77)122(86-58-50-79(51-59-86)113(4,5)6)106-70-87(123-98-62-54-80(114(7,8)9)64-92(98)93-65-81(115(10,11)12)55-63-99(93)123)71-107-109(106)120(96)95-61-53-83(117(16,17)18)67-101(95)124(107)110-88(74-36-26-22-27-37-74)44-34-45-89(110)75-38-28-23-29-39-75/h22-73H,1-21H3. The molecule has 618 valence electrons. The largest absolute Gasteiger partial charge is 0.311 e. The maximum absolute atomic E-state index is 2.77. The third-order valence-corrected chi connectivity index (χ3v) is 27.4. The van der Waals surface area contributed by atoms with E-state index in [4.69, 9.17) is 0 Å². The molecular formula is C118H115B2N5. The number of hydrogen-bond donors (Lipinski definition) is 0. The van der Waals surface area contributed by atoms with Crippen LogP contribution in [0, 0.1) is 0 Å². The fourth-order valence-corrected chi connectivity index (χ4v) is 20.4. The Balaban J connectivity index is 0.993. The molecule has 0 N–H and O–H groups in total. The van der Waals surface area contributed by atoms with Crippen molar-refractivity contribution in [1.29, 1.82) is 0 Å². The van der Waals surface area contributed by atoms with Crippen LogP contribution in [0.25, 0.3) is 72.0 Å². The van der Waals surface area contributed by atoms with Crippen LogP contribution in [0.3, 0.4) is 0 Å². The second-order valence-corrected chi connectivity index (χ2v) is 43.1. The third kappa shape index (κ3) is 13.6. The molecule has 5 nitrogen and oxygen atoms in total. The Kier molecular flexibility index (Phi) is 18.8. The maximum atomic E-state index is 2.77. The van der Waals surface area contributed by atoms with E-state index in [1.807, 2.05) is 0 Å². The number of nitrogens with zero attached hydrogens (tertiary/aromatic N) is 5. The van der Waals surface area contributed by atoms with Gasteiger partial charge in [0.05, 0.1) is 28.1 Å². The van der Waals surface area contributed by atoms with Crippen molar-refractivity contribution in [2.45, 2.75) is 183 Å². The van der Waals surface area contributed by atoms with Crippen molar-refractivity contribution in [3.8, 4) is 50.2 Å². The molecule has 15 aromatic carbocycles. The minimum Gasteiger partial charge on any atom is -0.311 e. The molecular weight excluding hydrogens is 1510 g/mol. The van der Waals surface area contributed by atoms with Gasteiger partial charge in [-0.1, -0.05) is 370 Å². The van der Waals surface area contributed by atoms with Gasteiger partial charge < -0.3 is 24.2 Å². The van der Waals surface area contributed by atoms with Gasteiger partial charge in [-0.15, -0.1) is 0 Å². The maximum Gasteiger partial charge on any atom is 0.252 e. The lowest BCUT2D eigenvalue weighted by Gasteiger charge is -2.48. The van der Waals surface area contributed by atoms with Crippen molar-refractivity contribution in [1.82, 2.24) is 4.57 Å². The Labute approximate surface area is 743 Å². The van der Waals surface area contributed by atoms with E-state index in [1.165, 1.54) is 111 Å². The molecule has 0 spiro atoms. The summed E-state index contributed by atoms with van der Waals surface area (Å²) in [4.78, 5) is 10.9. The van der Waals surface area contributed by atoms with Gasteiger partial charge in [0, 0.05) is 89.9 Å². The molecule has 0 amide bonds. The molecule has 1 aromatic heterocycles. The van der Waals surface area contributed by atoms with Crippen LogP contribution in [0.2, 0.25) is 0 Å². The highest BCUT2D eigenvalue weighted by Crippen LogP contribution is 2.57. The molecule has 4 aliphatic rings. The number of anilines is 12. The molecule has 0 atom stereocenters. The van der Waals surface area contributed by atoms with E-state index in [0.717, 1.165) is 101 Å². The summed E-state index contributed by atoms with van der Waals surface area (Å²) in [7, 11) is 0. The molecule has 7 heteroatoms. The Hall–Kier alpha value is -12.6. The molecule has 20 rings (SSSR count). The Morgan fingerprint density at radius 1 is 0.192 bits per heavy atom. The number of para-hydroxylation sites is 2. The van der Waals surface area contributed by atoms with E-state index >= 15 is 0 Å². The zero-order chi connectivity index (χ0) is 87.3. The van der Waals surface area contributed by atoms with E-state index in [0.29, 0.717) is 0 Å². The summed E-state index contributed by atoms with van der Waals surface area (Å²) in [6, 6.07) is 124. The van der Waals surface area contributed by atoms with Crippen LogP contribution in [-0.4, -0.2) is 18.0 Å². The number of fused-ring (bicyclic) bond motifs is 11. The summed E-state index contributed by atoms with van der Waals surface area (Å²) in [6.07, 6.45) is 0. The first-order valence-electron chi connectivity index (χ1n) is 45.3. The highest BCUT2D eigenvalue weighted by molar-refractivity contribution is 7.03. The fraction of sp³-hybridized carbons (Fsp3) is 0.237. The topological polar surface area (TPSA) is 17.9 Å². The first-order chi connectivity index (χ1) is 59.4. The molecule has 4 aliphatic heterocycles. The second-order valence-electron chi connectivity index (χ2n) is 43.1. The predicted molar refractivity (Wildman–Crippen MR) is 541 cm³/mol. The summed E-state index contributed by atoms with van der Waals surface area (Å²) in [5, 5.41) is 2.49. The molecule has 0 fully saturated rings. The summed E-state index contributed by atoms with van der Waals surface area (Å²) in [5.41, 5.74) is 41.8. The van der Waals surface area contributed by atoms with Crippen LogP contribution in [0.15, 0.2) is 315 Å². The van der Waals surface area contributed by atoms with Crippen molar-refractivity contribution >= 4 is 136 Å². The molecule has 0 unspecified atom stereocenters. The van der Waals surface area contributed by atoms with Gasteiger partial charge in [0.1, 0.15) is 0 Å². The first kappa shape index (κ1) is 80.8. The molecule has 16 aromatic rings. The van der Waals surface area contributed by atoms with Gasteiger partial charge >= 0.3 is 0 Å². The lowest BCUT2D eigenvalue weighted by molar-refractivity contribution is 0.589. The van der Waals surface area contributed by atoms with Crippen molar-refractivity contribution < 1.29 is 0 Å². The lowest BCUT2D eigenvalue weighted by Crippen LogP contribution is -2.65. The smallest absolute Gasteiger partial charge is 0.252 e. The fourth-order valence-electron chi connectivity index (χ4n) is 20.4. The average molecular weight is 1620 g/mol. The quantitative estimate of drug-likeness (QED) is 0.134. The van der Waals surface area contributed by atoms with Crippen LogP contribution in [0.4, 0.5) is 68.2 Å². The molecule has 0 saturated carbocycles. The minimum atomic E-state index is -0.316. The normalized spacial score (nSPS) is 13.9. The average Bonchev–Trinajstić information content (AvgIpc) is 0.774. The summed E-state index contributed by atoms with van der Waals surface area (Å²) < 4.78 is 2.63. The van der Waals surface area contributed by atoms with Crippen LogP contribution in [-0.2, 0) is 37.9 Å². The molecule has 125 heavy (non-hydrogen) atoms. The number of aromatic nitrogens is 1. The van der Waals surface area contributed by atoms with Gasteiger partial charge in [-0.2, -0.15) is 0 Å². The van der Waals surface area contributed by atoms with Gasteiger partial charge in [-0.3, -0.25) is 0 Å². The monoisotopic (exact) mass is 1620 g/mol. The molecule has 0 radical (unpaired) electrons. The number of rotatable bonds is 9. The highest BCUT2D eigenvalue weighted by Gasteiger charge is 2.51. The highest BCUT2D eigenvalue weighted by atomic mass is 15.2. The Morgan fingerprint density at radius 2 is 0.464 bits per heavy atom. The first-order valence-corrected chi connectivity index (χ1v) is 45.3. The van der Waals surface area contributed by atoms with Crippen LogP contribution in [0.1, 0.15) is 184 Å². The minimum absolute atomic E-state index is 0.0568. The summed E-state index contributed by atoms with van der Waals surface area (Å²) in [6.45, 7) is 49.1. The number of benzene rings is 15. The van der Waals surface area contributed by atoms with E-state index in [9.17, 15) is 0 Å². The van der Waals surface area contributed by atoms with Gasteiger partial charge in [0.25, 0.3) is 13.4 Å². The van der Waals surface area contributed by atoms with E-state index in [1.54, 1.807) is 0 Å². The second kappa shape index (κ2) is 29.0. The van der Waals surface area contributed by atoms with Gasteiger partial charge in [0.2, 0.25) is 0 Å². The van der Waals surface area contributed by atoms with Crippen molar-refractivity contribution in [3.05, 3.63) is 354 Å². The summed E-state index contributed by atoms with van der Waals surface area (Å²) in [5.74, 6) is 0. The summed E-state index contributed by atoms with van der Waals surface area (Å²) >= 11 is 0. The van der Waals surface area contributed by atoms with Crippen LogP contribution < -0.4 is 52.4 Å². The SMILES string of the molecule is CC(C)(C)c1ccc(N2c3cc4c(cc3B3c5ccc(C(C)(C)C)cc5N(c5c(-c6ccccc6)cccc5-c5ccccc5)c5cc(-n6c7ccc(C(C)(C)C)cc7c7cc(C(C)(C)C)ccc76)cc2c53)B2c3ccc(C(C)(C)C)cc3N(c3ccc(C(C)(C)C)cc3)c3cc(C(C)(C)C)cc(c32)N4c2c(-c3ccccc3)cccc2-c2ccccc2)cc1. The van der Waals surface area contributed by atoms with Crippen molar-refractivity contribution in [2.75, 3.05) is 19.6 Å². The lowest BCUT2D eigenvalue weighted by atomic mass is 9.30. The molecule has 0 bridgehead atoms. The van der Waals surface area contributed by atoms with Crippen LogP contribution in [0.5, 0.6) is 0 Å². The molecule has 5 heterocycles. The van der Waals surface area contributed by atoms with E-state index in [2.05, 4.69) is 485 Å². The number of hydrogen-bond acceptors (Lipinski definition) is 4. The van der Waals surface area contributed by atoms with Gasteiger partial charge in [0.15, 0.2) is 0 Å². The third-order valence-electron chi connectivity index (χ3n) is 27.4.